The fraction of sp³-hybridized carbons (Fsp3) is 0.667. The number of esters is 1. The molecule has 0 aromatic carbocycles. The van der Waals surface area contributed by atoms with Crippen LogP contribution in [0.1, 0.15) is 32.6 Å². The number of carbonyl (C=O) groups excluding carboxylic acids is 2. The van der Waals surface area contributed by atoms with Crippen LogP contribution in [0.4, 0.5) is 0 Å². The average molecular weight is 210 g/mol. The van der Waals surface area contributed by atoms with E-state index in [2.05, 4.69) is 0 Å². The number of carbonyl (C=O) groups is 2. The normalized spacial score (nSPS) is 26.5. The van der Waals surface area contributed by atoms with Crippen LogP contribution in [0.25, 0.3) is 0 Å². The third-order valence-corrected chi connectivity index (χ3v) is 2.82. The molecule has 0 aliphatic heterocycles. The summed E-state index contributed by atoms with van der Waals surface area (Å²) in [6, 6.07) is 0. The summed E-state index contributed by atoms with van der Waals surface area (Å²) < 4.78 is 4.79. The van der Waals surface area contributed by atoms with E-state index in [-0.39, 0.29) is 17.8 Å². The molecule has 3 nitrogen and oxygen atoms in total. The van der Waals surface area contributed by atoms with Gasteiger partial charge in [0.1, 0.15) is 6.29 Å². The van der Waals surface area contributed by atoms with Gasteiger partial charge in [0.2, 0.25) is 0 Å². The summed E-state index contributed by atoms with van der Waals surface area (Å²) in [5, 5.41) is 0. The van der Waals surface area contributed by atoms with Gasteiger partial charge in [0.25, 0.3) is 0 Å². The van der Waals surface area contributed by atoms with Crippen molar-refractivity contribution in [3.05, 3.63) is 12.2 Å². The van der Waals surface area contributed by atoms with E-state index >= 15 is 0 Å². The smallest absolute Gasteiger partial charge is 0.330 e. The molecule has 1 saturated carbocycles. The van der Waals surface area contributed by atoms with Crippen molar-refractivity contribution in [3.63, 3.8) is 0 Å². The molecule has 0 spiro atoms. The number of ether oxygens (including phenoxy) is 1. The molecule has 1 aliphatic rings. The Morgan fingerprint density at radius 1 is 1.33 bits per heavy atom. The molecule has 0 aromatic heterocycles. The molecule has 1 fully saturated rings. The molecule has 2 unspecified atom stereocenters. The molecule has 0 radical (unpaired) electrons. The topological polar surface area (TPSA) is 43.4 Å². The fourth-order valence-electron chi connectivity index (χ4n) is 1.99. The monoisotopic (exact) mass is 210 g/mol. The van der Waals surface area contributed by atoms with Crippen molar-refractivity contribution in [1.82, 2.24) is 0 Å². The van der Waals surface area contributed by atoms with Crippen LogP contribution >= 0.6 is 0 Å². The average Bonchev–Trinajstić information content (AvgIpc) is 2.27. The first-order valence-electron chi connectivity index (χ1n) is 5.58. The van der Waals surface area contributed by atoms with Crippen LogP contribution in [0.15, 0.2) is 12.2 Å². The molecule has 3 heteroatoms. The minimum absolute atomic E-state index is 0.0874. The van der Waals surface area contributed by atoms with Crippen LogP contribution in [-0.4, -0.2) is 18.9 Å². The summed E-state index contributed by atoms with van der Waals surface area (Å²) in [6.07, 6.45) is 8.50. The van der Waals surface area contributed by atoms with E-state index in [0.29, 0.717) is 6.61 Å². The Bertz CT molecular complexity index is 245. The summed E-state index contributed by atoms with van der Waals surface area (Å²) >= 11 is 0. The Morgan fingerprint density at radius 2 is 2.00 bits per heavy atom. The van der Waals surface area contributed by atoms with Gasteiger partial charge < -0.3 is 9.53 Å². The van der Waals surface area contributed by atoms with Gasteiger partial charge in [-0.3, -0.25) is 0 Å². The van der Waals surface area contributed by atoms with Crippen molar-refractivity contribution in [3.8, 4) is 0 Å². The van der Waals surface area contributed by atoms with Gasteiger partial charge in [0, 0.05) is 12.0 Å². The standard InChI is InChI=1S/C12H18O3/c1-2-15-12(14)8-7-10-5-3-4-6-11(10)9-13/h7-11H,2-6H2,1H3. The molecule has 0 bridgehead atoms. The van der Waals surface area contributed by atoms with Gasteiger partial charge >= 0.3 is 5.97 Å². The van der Waals surface area contributed by atoms with Gasteiger partial charge in [-0.05, 0) is 25.7 Å². The van der Waals surface area contributed by atoms with E-state index in [4.69, 9.17) is 4.74 Å². The van der Waals surface area contributed by atoms with Gasteiger partial charge in [0.05, 0.1) is 6.61 Å². The van der Waals surface area contributed by atoms with Gasteiger partial charge in [-0.2, -0.15) is 0 Å². The van der Waals surface area contributed by atoms with Crippen LogP contribution in [0.3, 0.4) is 0 Å². The second-order valence-electron chi connectivity index (χ2n) is 3.86. The molecular weight excluding hydrogens is 192 g/mol. The Morgan fingerprint density at radius 3 is 2.60 bits per heavy atom. The predicted octanol–water partition coefficient (Wildman–Crippen LogP) is 2.11. The zero-order valence-electron chi connectivity index (χ0n) is 9.15. The first-order chi connectivity index (χ1) is 7.27. The summed E-state index contributed by atoms with van der Waals surface area (Å²) in [5.74, 6) is -0.00203. The molecule has 84 valence electrons. The number of hydrogen-bond donors (Lipinski definition) is 0. The first kappa shape index (κ1) is 12.0. The van der Waals surface area contributed by atoms with Crippen LogP contribution in [0.5, 0.6) is 0 Å². The van der Waals surface area contributed by atoms with Crippen molar-refractivity contribution >= 4 is 12.3 Å². The number of rotatable bonds is 4. The molecule has 15 heavy (non-hydrogen) atoms. The lowest BCUT2D eigenvalue weighted by Gasteiger charge is -2.24. The Hall–Kier alpha value is -1.12. The van der Waals surface area contributed by atoms with E-state index in [1.165, 1.54) is 6.08 Å². The van der Waals surface area contributed by atoms with Crippen molar-refractivity contribution in [2.24, 2.45) is 11.8 Å². The van der Waals surface area contributed by atoms with E-state index in [1.54, 1.807) is 6.92 Å². The van der Waals surface area contributed by atoms with Gasteiger partial charge in [-0.15, -0.1) is 0 Å². The molecule has 0 amide bonds. The maximum atomic E-state index is 11.1. The minimum atomic E-state index is -0.312. The SMILES string of the molecule is CCOC(=O)C=CC1CCCCC1C=O. The lowest BCUT2D eigenvalue weighted by atomic mass is 9.80. The molecular formula is C12H18O3. The molecule has 1 rings (SSSR count). The number of hydrogen-bond acceptors (Lipinski definition) is 3. The van der Waals surface area contributed by atoms with Crippen LogP contribution in [0, 0.1) is 11.8 Å². The summed E-state index contributed by atoms with van der Waals surface area (Å²) in [7, 11) is 0. The second-order valence-corrected chi connectivity index (χ2v) is 3.86. The zero-order valence-corrected chi connectivity index (χ0v) is 9.15. The van der Waals surface area contributed by atoms with Crippen molar-refractivity contribution in [1.29, 1.82) is 0 Å². The minimum Gasteiger partial charge on any atom is -0.463 e. The van der Waals surface area contributed by atoms with Crippen molar-refractivity contribution < 1.29 is 14.3 Å². The van der Waals surface area contributed by atoms with Crippen LogP contribution in [-0.2, 0) is 14.3 Å². The Balaban J connectivity index is 2.47. The molecule has 0 saturated heterocycles. The van der Waals surface area contributed by atoms with E-state index < -0.39 is 0 Å². The summed E-state index contributed by atoms with van der Waals surface area (Å²) in [5.41, 5.74) is 0. The predicted molar refractivity (Wildman–Crippen MR) is 57.3 cm³/mol. The van der Waals surface area contributed by atoms with Crippen LogP contribution < -0.4 is 0 Å². The molecule has 0 N–H and O–H groups in total. The van der Waals surface area contributed by atoms with Gasteiger partial charge in [-0.1, -0.05) is 18.9 Å². The van der Waals surface area contributed by atoms with E-state index in [9.17, 15) is 9.59 Å². The van der Waals surface area contributed by atoms with Crippen molar-refractivity contribution in [2.75, 3.05) is 6.61 Å². The molecule has 2 atom stereocenters. The maximum Gasteiger partial charge on any atom is 0.330 e. The summed E-state index contributed by atoms with van der Waals surface area (Å²) in [6.45, 7) is 2.17. The maximum absolute atomic E-state index is 11.1. The van der Waals surface area contributed by atoms with Gasteiger partial charge in [0.15, 0.2) is 0 Å². The molecule has 0 aromatic rings. The second kappa shape index (κ2) is 6.38. The largest absolute Gasteiger partial charge is 0.463 e. The molecule has 0 heterocycles. The van der Waals surface area contributed by atoms with E-state index in [0.717, 1.165) is 32.0 Å². The highest BCUT2D eigenvalue weighted by Gasteiger charge is 2.22. The number of aldehydes is 1. The molecule has 1 aliphatic carbocycles. The number of allylic oxidation sites excluding steroid dienone is 1. The van der Waals surface area contributed by atoms with Crippen LogP contribution in [0.2, 0.25) is 0 Å². The fourth-order valence-corrected chi connectivity index (χ4v) is 1.99. The third-order valence-electron chi connectivity index (χ3n) is 2.82. The summed E-state index contributed by atoms with van der Waals surface area (Å²) in [4.78, 5) is 21.9. The quantitative estimate of drug-likeness (QED) is 0.405. The first-order valence-corrected chi connectivity index (χ1v) is 5.58. The zero-order chi connectivity index (χ0) is 11.1. The highest BCUT2D eigenvalue weighted by Crippen LogP contribution is 2.29. The van der Waals surface area contributed by atoms with Crippen molar-refractivity contribution in [2.45, 2.75) is 32.6 Å². The van der Waals surface area contributed by atoms with E-state index in [1.807, 2.05) is 6.08 Å². The Labute approximate surface area is 90.5 Å². The highest BCUT2D eigenvalue weighted by atomic mass is 16.5. The Kier molecular flexibility index (Phi) is 5.08. The highest BCUT2D eigenvalue weighted by molar-refractivity contribution is 5.82. The lowest BCUT2D eigenvalue weighted by molar-refractivity contribution is -0.137. The third kappa shape index (κ3) is 3.86. The van der Waals surface area contributed by atoms with Gasteiger partial charge in [-0.25, -0.2) is 4.79 Å². The lowest BCUT2D eigenvalue weighted by Crippen LogP contribution is -2.19.